The molecule has 5 heteroatoms. The van der Waals surface area contributed by atoms with E-state index in [0.717, 1.165) is 52.2 Å². The molecule has 1 aromatic heterocycles. The van der Waals surface area contributed by atoms with Gasteiger partial charge in [-0.2, -0.15) is 0 Å². The number of nitrogens with one attached hydrogen (secondary N) is 1. The van der Waals surface area contributed by atoms with E-state index in [2.05, 4.69) is 31.0 Å². The zero-order valence-electron chi connectivity index (χ0n) is 12.9. The number of thiazole rings is 1. The predicted octanol–water partition coefficient (Wildman–Crippen LogP) is 2.68. The molecule has 0 aliphatic carbocycles. The zero-order chi connectivity index (χ0) is 14.4. The van der Waals surface area contributed by atoms with Gasteiger partial charge >= 0.3 is 0 Å². The van der Waals surface area contributed by atoms with Crippen LogP contribution in [0.25, 0.3) is 0 Å². The first-order chi connectivity index (χ1) is 9.70. The van der Waals surface area contributed by atoms with E-state index in [4.69, 9.17) is 9.72 Å². The fourth-order valence-electron chi connectivity index (χ4n) is 2.33. The second-order valence-electron chi connectivity index (χ2n) is 5.70. The molecule has 1 saturated heterocycles. The number of anilines is 1. The van der Waals surface area contributed by atoms with Crippen molar-refractivity contribution in [3.63, 3.8) is 0 Å². The number of aromatic nitrogens is 1. The highest BCUT2D eigenvalue weighted by atomic mass is 32.1. The zero-order valence-corrected chi connectivity index (χ0v) is 13.8. The molecule has 0 radical (unpaired) electrons. The molecule has 1 fully saturated rings. The summed E-state index contributed by atoms with van der Waals surface area (Å²) in [6.45, 7) is 12.4. The lowest BCUT2D eigenvalue weighted by atomic mass is 10.2. The van der Waals surface area contributed by atoms with Gasteiger partial charge < -0.3 is 15.0 Å². The van der Waals surface area contributed by atoms with Gasteiger partial charge in [0.15, 0.2) is 5.13 Å². The molecule has 1 aromatic rings. The van der Waals surface area contributed by atoms with Crippen LogP contribution in [0.15, 0.2) is 0 Å². The first-order valence-corrected chi connectivity index (χ1v) is 8.54. The minimum absolute atomic E-state index is 0.690. The summed E-state index contributed by atoms with van der Waals surface area (Å²) < 4.78 is 5.52. The van der Waals surface area contributed by atoms with E-state index in [-0.39, 0.29) is 0 Å². The molecular weight excluding hydrogens is 270 g/mol. The van der Waals surface area contributed by atoms with Crippen molar-refractivity contribution < 1.29 is 4.74 Å². The van der Waals surface area contributed by atoms with E-state index in [0.29, 0.717) is 5.92 Å². The summed E-state index contributed by atoms with van der Waals surface area (Å²) in [5, 5.41) is 4.71. The Morgan fingerprint density at radius 3 is 2.95 bits per heavy atom. The lowest BCUT2D eigenvalue weighted by Crippen LogP contribution is -2.25. The van der Waals surface area contributed by atoms with E-state index in [1.165, 1.54) is 15.7 Å². The first kappa shape index (κ1) is 15.7. The predicted molar refractivity (Wildman–Crippen MR) is 85.7 cm³/mol. The number of hydrogen-bond donors (Lipinski definition) is 1. The average Bonchev–Trinajstić information content (AvgIpc) is 2.65. The molecule has 20 heavy (non-hydrogen) atoms. The number of nitrogens with zero attached hydrogens (tertiary/aromatic N) is 2. The molecule has 0 atom stereocenters. The van der Waals surface area contributed by atoms with E-state index in [9.17, 15) is 0 Å². The van der Waals surface area contributed by atoms with Crippen LogP contribution in [0.5, 0.6) is 0 Å². The minimum atomic E-state index is 0.690. The highest BCUT2D eigenvalue weighted by molar-refractivity contribution is 7.15. The molecule has 1 aliphatic rings. The summed E-state index contributed by atoms with van der Waals surface area (Å²) in [4.78, 5) is 8.62. The van der Waals surface area contributed by atoms with Crippen LogP contribution < -0.4 is 10.2 Å². The number of hydrogen-bond acceptors (Lipinski definition) is 5. The van der Waals surface area contributed by atoms with E-state index >= 15 is 0 Å². The number of aryl methyl sites for hydroxylation is 1. The normalized spacial score (nSPS) is 16.7. The van der Waals surface area contributed by atoms with E-state index < -0.39 is 0 Å². The van der Waals surface area contributed by atoms with Crippen molar-refractivity contribution in [1.82, 2.24) is 10.3 Å². The Hall–Kier alpha value is -0.650. The SMILES string of the molecule is CCc1nc(N2CCCOCC2)sc1CNCC(C)C. The third-order valence-electron chi connectivity index (χ3n) is 3.43. The van der Waals surface area contributed by atoms with Crippen LogP contribution in [0.1, 0.15) is 37.8 Å². The standard InChI is InChI=1S/C15H27N3OS/c1-4-13-14(11-16-10-12(2)3)20-15(17-13)18-6-5-8-19-9-7-18/h12,16H,4-11H2,1-3H3. The molecule has 114 valence electrons. The fraction of sp³-hybridized carbons (Fsp3) is 0.800. The van der Waals surface area contributed by atoms with Crippen LogP contribution in [0.2, 0.25) is 0 Å². The molecule has 4 nitrogen and oxygen atoms in total. The number of rotatable bonds is 6. The number of ether oxygens (including phenoxy) is 1. The molecule has 2 rings (SSSR count). The van der Waals surface area contributed by atoms with Gasteiger partial charge in [-0.3, -0.25) is 0 Å². The van der Waals surface area contributed by atoms with Crippen LogP contribution in [-0.4, -0.2) is 37.8 Å². The molecule has 1 aliphatic heterocycles. The monoisotopic (exact) mass is 297 g/mol. The molecular formula is C15H27N3OS. The van der Waals surface area contributed by atoms with Crippen LogP contribution in [0.4, 0.5) is 5.13 Å². The highest BCUT2D eigenvalue weighted by Crippen LogP contribution is 2.27. The maximum atomic E-state index is 5.52. The van der Waals surface area contributed by atoms with Crippen molar-refractivity contribution in [1.29, 1.82) is 0 Å². The lowest BCUT2D eigenvalue weighted by molar-refractivity contribution is 0.152. The quantitative estimate of drug-likeness (QED) is 0.876. The Kier molecular flexibility index (Phi) is 6.26. The minimum Gasteiger partial charge on any atom is -0.380 e. The third-order valence-corrected chi connectivity index (χ3v) is 4.59. The summed E-state index contributed by atoms with van der Waals surface area (Å²) in [5.74, 6) is 0.690. The van der Waals surface area contributed by atoms with Crippen LogP contribution in [-0.2, 0) is 17.7 Å². The van der Waals surface area contributed by atoms with Crippen molar-refractivity contribution in [2.45, 2.75) is 40.2 Å². The van der Waals surface area contributed by atoms with Gasteiger partial charge in [-0.1, -0.05) is 20.8 Å². The van der Waals surface area contributed by atoms with Gasteiger partial charge in [0.1, 0.15) is 0 Å². The van der Waals surface area contributed by atoms with Gasteiger partial charge in [0.2, 0.25) is 0 Å². The Bertz CT molecular complexity index is 398. The van der Waals surface area contributed by atoms with Crippen molar-refractivity contribution in [2.24, 2.45) is 5.92 Å². The summed E-state index contributed by atoms with van der Waals surface area (Å²) in [7, 11) is 0. The van der Waals surface area contributed by atoms with Crippen LogP contribution >= 0.6 is 11.3 Å². The van der Waals surface area contributed by atoms with Gasteiger partial charge in [0.05, 0.1) is 12.3 Å². The molecule has 0 saturated carbocycles. The molecule has 2 heterocycles. The maximum absolute atomic E-state index is 5.52. The highest BCUT2D eigenvalue weighted by Gasteiger charge is 2.16. The fourth-order valence-corrected chi connectivity index (χ4v) is 3.50. The Morgan fingerprint density at radius 2 is 2.20 bits per heavy atom. The smallest absolute Gasteiger partial charge is 0.185 e. The molecule has 0 bridgehead atoms. The third kappa shape index (κ3) is 4.43. The summed E-state index contributed by atoms with van der Waals surface area (Å²) in [5.41, 5.74) is 1.26. The lowest BCUT2D eigenvalue weighted by Gasteiger charge is -2.17. The molecule has 0 spiro atoms. The van der Waals surface area contributed by atoms with Crippen molar-refractivity contribution >= 4 is 16.5 Å². The Labute approximate surface area is 126 Å². The largest absolute Gasteiger partial charge is 0.380 e. The van der Waals surface area contributed by atoms with Gasteiger partial charge in [0, 0.05) is 31.1 Å². The Balaban J connectivity index is 2.01. The summed E-state index contributed by atoms with van der Waals surface area (Å²) in [6, 6.07) is 0. The van der Waals surface area contributed by atoms with Crippen LogP contribution in [0.3, 0.4) is 0 Å². The van der Waals surface area contributed by atoms with Crippen molar-refractivity contribution in [3.05, 3.63) is 10.6 Å². The first-order valence-electron chi connectivity index (χ1n) is 7.72. The van der Waals surface area contributed by atoms with Gasteiger partial charge in [0.25, 0.3) is 0 Å². The van der Waals surface area contributed by atoms with Crippen molar-refractivity contribution in [2.75, 3.05) is 37.7 Å². The van der Waals surface area contributed by atoms with Crippen LogP contribution in [0, 0.1) is 5.92 Å². The maximum Gasteiger partial charge on any atom is 0.185 e. The molecule has 0 unspecified atom stereocenters. The van der Waals surface area contributed by atoms with E-state index in [1.807, 2.05) is 11.3 Å². The Morgan fingerprint density at radius 1 is 1.35 bits per heavy atom. The van der Waals surface area contributed by atoms with E-state index in [1.54, 1.807) is 0 Å². The summed E-state index contributed by atoms with van der Waals surface area (Å²) >= 11 is 1.85. The topological polar surface area (TPSA) is 37.4 Å². The second kappa shape index (κ2) is 7.96. The van der Waals surface area contributed by atoms with Gasteiger partial charge in [-0.25, -0.2) is 4.98 Å². The second-order valence-corrected chi connectivity index (χ2v) is 6.76. The molecule has 0 amide bonds. The molecule has 1 N–H and O–H groups in total. The summed E-state index contributed by atoms with van der Waals surface area (Å²) in [6.07, 6.45) is 2.11. The van der Waals surface area contributed by atoms with Gasteiger partial charge in [-0.15, -0.1) is 11.3 Å². The average molecular weight is 297 g/mol. The molecule has 0 aromatic carbocycles. The van der Waals surface area contributed by atoms with Gasteiger partial charge in [-0.05, 0) is 25.3 Å². The van der Waals surface area contributed by atoms with Crippen molar-refractivity contribution in [3.8, 4) is 0 Å².